The number of carbonyl (C=O) groups is 4. The molecule has 0 rings (SSSR count). The van der Waals surface area contributed by atoms with Gasteiger partial charge in [0.2, 0.25) is 0 Å². The van der Waals surface area contributed by atoms with E-state index in [0.29, 0.717) is 38.2 Å². The molecular formula is C26H44O10Sn. The molecule has 0 fully saturated rings. The number of esters is 2. The number of unbranched alkanes of at least 4 members (excludes halogenated alkanes) is 4. The van der Waals surface area contributed by atoms with Gasteiger partial charge in [-0.15, -0.1) is 0 Å². The van der Waals surface area contributed by atoms with Gasteiger partial charge in [-0.25, -0.2) is 9.59 Å². The second-order valence-corrected chi connectivity index (χ2v) is 11.8. The van der Waals surface area contributed by atoms with Crippen LogP contribution in [0.2, 0.25) is 8.87 Å². The van der Waals surface area contributed by atoms with Gasteiger partial charge in [-0.3, -0.25) is 0 Å². The summed E-state index contributed by atoms with van der Waals surface area (Å²) in [4.78, 5) is 41.3. The molecule has 0 saturated heterocycles. The number of hydrogen-bond acceptors (Lipinski definition) is 10. The van der Waals surface area contributed by atoms with Gasteiger partial charge in [-0.1, -0.05) is 0 Å². The van der Waals surface area contributed by atoms with Crippen LogP contribution in [0, 0.1) is 0 Å². The number of hydrogen-bond donors (Lipinski definition) is 0. The van der Waals surface area contributed by atoms with Gasteiger partial charge < -0.3 is 38.7 Å². The summed E-state index contributed by atoms with van der Waals surface area (Å²) in [6.07, 6.45) is 11.7. The molecular weight excluding hydrogens is 591 g/mol. The Morgan fingerprint density at radius 2 is 0.946 bits per heavy atom. The van der Waals surface area contributed by atoms with Gasteiger partial charge in [0.15, 0.2) is 0 Å². The van der Waals surface area contributed by atoms with Crippen molar-refractivity contribution >= 4 is 45.0 Å². The fraction of sp³-hybridized carbons (Fsp3) is 0.692. The Labute approximate surface area is 232 Å². The summed E-state index contributed by atoms with van der Waals surface area (Å²) >= 11 is 0.149. The van der Waals surface area contributed by atoms with Crippen LogP contribution < -0.4 is 10.2 Å². The van der Waals surface area contributed by atoms with Crippen molar-refractivity contribution in [3.63, 3.8) is 0 Å². The van der Waals surface area contributed by atoms with Crippen molar-refractivity contribution in [3.05, 3.63) is 24.3 Å². The smallest absolute Gasteiger partial charge is 0.330 e. The predicted octanol–water partition coefficient (Wildman–Crippen LogP) is 1.65. The maximum atomic E-state index is 10.7. The van der Waals surface area contributed by atoms with Crippen molar-refractivity contribution < 1.29 is 48.3 Å². The summed E-state index contributed by atoms with van der Waals surface area (Å²) in [5.41, 5.74) is 0. The van der Waals surface area contributed by atoms with Crippen molar-refractivity contribution in [1.82, 2.24) is 0 Å². The molecule has 11 heteroatoms. The third-order valence-electron chi connectivity index (χ3n) is 4.10. The molecule has 0 N–H and O–H groups in total. The summed E-state index contributed by atoms with van der Waals surface area (Å²) in [7, 11) is 3.18. The van der Waals surface area contributed by atoms with Gasteiger partial charge >= 0.3 is 81.5 Å². The van der Waals surface area contributed by atoms with Crippen molar-refractivity contribution in [2.24, 2.45) is 0 Å². The zero-order valence-corrected chi connectivity index (χ0v) is 25.6. The number of ether oxygens (including phenoxy) is 4. The van der Waals surface area contributed by atoms with E-state index in [4.69, 9.17) is 9.47 Å². The molecule has 0 aliphatic heterocycles. The van der Waals surface area contributed by atoms with Gasteiger partial charge in [0.1, 0.15) is 0 Å². The first kappa shape index (κ1) is 39.6. The molecule has 0 radical (unpaired) electrons. The quantitative estimate of drug-likeness (QED) is 0.0836. The molecule has 0 saturated carbocycles. The molecule has 0 amide bonds. The first-order chi connectivity index (χ1) is 17.7. The molecule has 0 aromatic heterocycles. The monoisotopic (exact) mass is 636 g/mol. The van der Waals surface area contributed by atoms with Crippen molar-refractivity contribution in [2.75, 3.05) is 40.6 Å². The minimum atomic E-state index is -1.42. The van der Waals surface area contributed by atoms with Gasteiger partial charge in [0.25, 0.3) is 0 Å². The van der Waals surface area contributed by atoms with E-state index in [1.165, 1.54) is 25.7 Å². The molecule has 0 bridgehead atoms. The summed E-state index contributed by atoms with van der Waals surface area (Å²) in [6, 6.07) is 0. The van der Waals surface area contributed by atoms with E-state index < -0.39 is 23.9 Å². The third-order valence-corrected chi connectivity index (χ3v) is 8.14. The van der Waals surface area contributed by atoms with Gasteiger partial charge in [0.05, 0.1) is 25.2 Å². The largest absolute Gasteiger partial charge is 0.545 e. The van der Waals surface area contributed by atoms with E-state index >= 15 is 0 Å². The van der Waals surface area contributed by atoms with Crippen LogP contribution in [-0.4, -0.2) is 85.7 Å². The number of methoxy groups -OCH3 is 2. The number of rotatable bonds is 20. The number of carboxylic acids is 2. The van der Waals surface area contributed by atoms with E-state index in [0.717, 1.165) is 25.0 Å². The fourth-order valence-electron chi connectivity index (χ4n) is 2.14. The zero-order valence-electron chi connectivity index (χ0n) is 22.8. The van der Waals surface area contributed by atoms with Gasteiger partial charge in [0, 0.05) is 39.6 Å². The molecule has 0 aliphatic carbocycles. The fourth-order valence-corrected chi connectivity index (χ4v) is 6.30. The minimum Gasteiger partial charge on any atom is -0.545 e. The summed E-state index contributed by atoms with van der Waals surface area (Å²) in [5.74, 6) is -4.18. The normalized spacial score (nSPS) is 10.1. The maximum Gasteiger partial charge on any atom is 0.330 e. The Bertz CT molecular complexity index is 568. The van der Waals surface area contributed by atoms with E-state index in [-0.39, 0.29) is 34.4 Å². The van der Waals surface area contributed by atoms with E-state index in [9.17, 15) is 29.4 Å². The maximum absolute atomic E-state index is 10.7. The van der Waals surface area contributed by atoms with Crippen LogP contribution >= 0.6 is 0 Å². The molecule has 212 valence electrons. The summed E-state index contributed by atoms with van der Waals surface area (Å²) in [6.45, 7) is 6.34. The molecule has 0 unspecified atom stereocenters. The summed E-state index contributed by atoms with van der Waals surface area (Å²) < 4.78 is 22.2. The first-order valence-corrected chi connectivity index (χ1v) is 16.6. The van der Waals surface area contributed by atoms with E-state index in [1.54, 1.807) is 23.1 Å². The number of carbonyl (C=O) groups excluding carboxylic acids is 4. The molecule has 0 aromatic carbocycles. The van der Waals surface area contributed by atoms with Crippen molar-refractivity contribution in [1.29, 1.82) is 0 Å². The van der Waals surface area contributed by atoms with Crippen molar-refractivity contribution in [2.45, 2.75) is 74.1 Å². The Hall–Kier alpha value is -1.92. The standard InChI is InChI=1S/2C9H14O5.2C4H9.Sn/c2*1-13-6-2-3-7-14-9(12)5-4-8(10)11;2*1-3-4-2;/h2*4-5H,2-3,6-7H2,1H3,(H,10,11);2*1,3-4H2,2H3;/q;;;;+2/p-2. The van der Waals surface area contributed by atoms with Gasteiger partial charge in [-0.2, -0.15) is 0 Å². The second-order valence-electron chi connectivity index (χ2n) is 7.50. The molecule has 0 aromatic rings. The second kappa shape index (κ2) is 34.1. The van der Waals surface area contributed by atoms with Gasteiger partial charge in [-0.05, 0) is 37.8 Å². The minimum absolute atomic E-state index is 0.149. The summed E-state index contributed by atoms with van der Waals surface area (Å²) in [5, 5.41) is 19.8. The Kier molecular flexibility index (Phi) is 36.5. The number of aliphatic carboxylic acids is 2. The van der Waals surface area contributed by atoms with Crippen molar-refractivity contribution in [3.8, 4) is 0 Å². The van der Waals surface area contributed by atoms with Crippen LogP contribution in [0.5, 0.6) is 0 Å². The topological polar surface area (TPSA) is 151 Å². The Morgan fingerprint density at radius 3 is 1.24 bits per heavy atom. The molecule has 37 heavy (non-hydrogen) atoms. The van der Waals surface area contributed by atoms with E-state index in [2.05, 4.69) is 23.3 Å². The van der Waals surface area contributed by atoms with Crippen LogP contribution in [0.25, 0.3) is 0 Å². The molecule has 0 heterocycles. The zero-order chi connectivity index (χ0) is 28.6. The third kappa shape index (κ3) is 44.5. The Balaban J connectivity index is -0.000000481. The van der Waals surface area contributed by atoms with E-state index in [1.807, 2.05) is 0 Å². The first-order valence-electron chi connectivity index (χ1n) is 12.5. The predicted molar refractivity (Wildman–Crippen MR) is 138 cm³/mol. The SMILES string of the molecule is CCC[CH2][Sn+2][CH2]CCC.COCCCCOC(=O)C=CC(=O)[O-].COCCCCOC(=O)C=CC(=O)[O-]. The molecule has 0 aliphatic rings. The molecule has 10 nitrogen and oxygen atoms in total. The Morgan fingerprint density at radius 1 is 0.595 bits per heavy atom. The van der Waals surface area contributed by atoms with Crippen LogP contribution in [-0.2, 0) is 38.1 Å². The number of carboxylic acid groups (broad SMARTS) is 2. The molecule has 0 spiro atoms. The average Bonchev–Trinajstić information content (AvgIpc) is 2.86. The van der Waals surface area contributed by atoms with Crippen LogP contribution in [0.3, 0.4) is 0 Å². The average molecular weight is 635 g/mol. The van der Waals surface area contributed by atoms with Crippen LogP contribution in [0.1, 0.15) is 65.2 Å². The molecule has 0 atom stereocenters. The van der Waals surface area contributed by atoms with Crippen LogP contribution in [0.15, 0.2) is 24.3 Å². The van der Waals surface area contributed by atoms with Crippen LogP contribution in [0.4, 0.5) is 0 Å².